The Kier molecular flexibility index (Phi) is 4.32. The van der Waals surface area contributed by atoms with Gasteiger partial charge in [0.25, 0.3) is 0 Å². The fourth-order valence-electron chi connectivity index (χ4n) is 3.51. The van der Waals surface area contributed by atoms with E-state index in [0.717, 1.165) is 62.4 Å². The maximum Gasteiger partial charge on any atom is 0.140 e. The van der Waals surface area contributed by atoms with Crippen LogP contribution in [0.4, 0.5) is 0 Å². The number of rotatable bonds is 1. The molecule has 1 aromatic heterocycles. The molecule has 0 bridgehead atoms. The molecule has 0 aliphatic rings. The van der Waals surface area contributed by atoms with Gasteiger partial charge in [0.05, 0.1) is 11.0 Å². The maximum atomic E-state index is 6.30. The molecule has 2 nitrogen and oxygen atoms in total. The van der Waals surface area contributed by atoms with Gasteiger partial charge in [0.15, 0.2) is 0 Å². The summed E-state index contributed by atoms with van der Waals surface area (Å²) >= 11 is 17.2. The van der Waals surface area contributed by atoms with Crippen LogP contribution in [0, 0.1) is 0 Å². The van der Waals surface area contributed by atoms with Crippen LogP contribution >= 0.6 is 59.4 Å². The number of aromatic nitrogens is 2. The molecule has 0 fully saturated rings. The van der Waals surface area contributed by atoms with E-state index >= 15 is 0 Å². The molecule has 0 unspecified atom stereocenters. The van der Waals surface area contributed by atoms with E-state index in [2.05, 4.69) is 71.0 Å². The number of benzene rings is 4. The van der Waals surface area contributed by atoms with Gasteiger partial charge < -0.3 is 4.98 Å². The largest absolute Gasteiger partial charge is 0.337 e. The number of halogens is 4. The first-order valence-electron chi connectivity index (χ1n) is 8.17. The zero-order valence-electron chi connectivity index (χ0n) is 13.7. The van der Waals surface area contributed by atoms with Crippen LogP contribution in [0.3, 0.4) is 0 Å². The Balaban J connectivity index is 1.98. The Morgan fingerprint density at radius 3 is 2.26 bits per heavy atom. The molecule has 0 amide bonds. The minimum Gasteiger partial charge on any atom is -0.337 e. The first kappa shape index (κ1) is 17.7. The summed E-state index contributed by atoms with van der Waals surface area (Å²) in [6.45, 7) is 0. The molecule has 0 aliphatic carbocycles. The van der Waals surface area contributed by atoms with Gasteiger partial charge in [0.2, 0.25) is 0 Å². The molecule has 0 atom stereocenters. The van der Waals surface area contributed by atoms with Gasteiger partial charge in [0, 0.05) is 34.8 Å². The summed E-state index contributed by atoms with van der Waals surface area (Å²) < 4.78 is 2.99. The van der Waals surface area contributed by atoms with Gasteiger partial charge in [-0.05, 0) is 79.0 Å². The normalized spacial score (nSPS) is 11.7. The van der Waals surface area contributed by atoms with E-state index in [9.17, 15) is 0 Å². The van der Waals surface area contributed by atoms with Crippen LogP contribution in [-0.2, 0) is 0 Å². The molecule has 132 valence electrons. The van der Waals surface area contributed by atoms with Gasteiger partial charge in [-0.25, -0.2) is 4.98 Å². The molecule has 0 saturated heterocycles. The van der Waals surface area contributed by atoms with Crippen molar-refractivity contribution < 1.29 is 0 Å². The maximum absolute atomic E-state index is 6.30. The summed E-state index contributed by atoms with van der Waals surface area (Å²) in [5.41, 5.74) is 2.96. The highest BCUT2D eigenvalue weighted by Gasteiger charge is 2.17. The van der Waals surface area contributed by atoms with Crippen molar-refractivity contribution in [3.05, 3.63) is 73.0 Å². The average Bonchev–Trinajstić information content (AvgIpc) is 3.06. The lowest BCUT2D eigenvalue weighted by Gasteiger charge is -2.07. The lowest BCUT2D eigenvalue weighted by atomic mass is 10.00. The van der Waals surface area contributed by atoms with Gasteiger partial charge >= 0.3 is 0 Å². The molecule has 6 heteroatoms. The minimum atomic E-state index is 0.719. The first-order chi connectivity index (χ1) is 13.0. The molecule has 0 radical (unpaired) electrons. The predicted octanol–water partition coefficient (Wildman–Crippen LogP) is 8.48. The van der Waals surface area contributed by atoms with Gasteiger partial charge in [0.1, 0.15) is 5.82 Å². The van der Waals surface area contributed by atoms with Crippen LogP contribution in [0.15, 0.2) is 68.0 Å². The Morgan fingerprint density at radius 1 is 0.778 bits per heavy atom. The van der Waals surface area contributed by atoms with Crippen molar-refractivity contribution in [2.24, 2.45) is 0 Å². The molecular weight excluding hydrogens is 555 g/mol. The van der Waals surface area contributed by atoms with E-state index in [1.807, 2.05) is 36.4 Å². The molecule has 0 spiro atoms. The van der Waals surface area contributed by atoms with E-state index < -0.39 is 0 Å². The highest BCUT2D eigenvalue weighted by atomic mass is 79.9. The standard InChI is InChI=1S/C21H10Br3ClN2/c22-10-4-6-12-14(8-10)15-9-11(25)5-7-13(15)20-19(12)26-21(27-20)18-16(23)2-1-3-17(18)24/h1-9H,(H,26,27). The van der Waals surface area contributed by atoms with E-state index in [1.54, 1.807) is 0 Å². The number of fused-ring (bicyclic) bond motifs is 6. The molecule has 5 rings (SSSR count). The summed E-state index contributed by atoms with van der Waals surface area (Å²) in [7, 11) is 0. The van der Waals surface area contributed by atoms with Gasteiger partial charge in [-0.15, -0.1) is 0 Å². The zero-order chi connectivity index (χ0) is 18.7. The zero-order valence-corrected chi connectivity index (χ0v) is 19.2. The number of hydrogen-bond acceptors (Lipinski definition) is 1. The third-order valence-electron chi connectivity index (χ3n) is 4.68. The lowest BCUT2D eigenvalue weighted by Crippen LogP contribution is -1.84. The Morgan fingerprint density at radius 2 is 1.48 bits per heavy atom. The summed E-state index contributed by atoms with van der Waals surface area (Å²) in [6.07, 6.45) is 0. The Bertz CT molecular complexity index is 1280. The Hall–Kier alpha value is -1.40. The second kappa shape index (κ2) is 6.59. The van der Waals surface area contributed by atoms with Gasteiger partial charge in [-0.3, -0.25) is 0 Å². The molecule has 4 aromatic carbocycles. The van der Waals surface area contributed by atoms with E-state index in [-0.39, 0.29) is 0 Å². The highest BCUT2D eigenvalue weighted by molar-refractivity contribution is 9.11. The molecule has 5 aromatic rings. The van der Waals surface area contributed by atoms with Gasteiger partial charge in [-0.2, -0.15) is 0 Å². The number of nitrogens with zero attached hydrogens (tertiary/aromatic N) is 1. The van der Waals surface area contributed by atoms with Crippen LogP contribution in [0.25, 0.3) is 44.0 Å². The van der Waals surface area contributed by atoms with Crippen LogP contribution in [0.1, 0.15) is 0 Å². The summed E-state index contributed by atoms with van der Waals surface area (Å²) in [4.78, 5) is 8.51. The van der Waals surface area contributed by atoms with E-state index in [1.165, 1.54) is 0 Å². The second-order valence-electron chi connectivity index (χ2n) is 6.29. The molecule has 1 heterocycles. The minimum absolute atomic E-state index is 0.719. The predicted molar refractivity (Wildman–Crippen MR) is 125 cm³/mol. The second-order valence-corrected chi connectivity index (χ2v) is 9.35. The van der Waals surface area contributed by atoms with Gasteiger partial charge in [-0.1, -0.05) is 45.7 Å². The van der Waals surface area contributed by atoms with Crippen LogP contribution in [-0.4, -0.2) is 9.97 Å². The lowest BCUT2D eigenvalue weighted by molar-refractivity contribution is 1.32. The van der Waals surface area contributed by atoms with Crippen LogP contribution in [0.2, 0.25) is 5.02 Å². The number of aromatic amines is 1. The number of H-pyrrole nitrogens is 1. The van der Waals surface area contributed by atoms with Crippen molar-refractivity contribution in [2.45, 2.75) is 0 Å². The SMILES string of the molecule is Clc1ccc2c(c1)c1cc(Br)ccc1c1nc(-c3c(Br)cccc3Br)[nH]c21. The molecule has 0 saturated carbocycles. The first-order valence-corrected chi connectivity index (χ1v) is 10.9. The van der Waals surface area contributed by atoms with Crippen molar-refractivity contribution in [3.63, 3.8) is 0 Å². The fourth-order valence-corrected chi connectivity index (χ4v) is 5.42. The average molecular weight is 565 g/mol. The van der Waals surface area contributed by atoms with Crippen molar-refractivity contribution in [1.82, 2.24) is 9.97 Å². The van der Waals surface area contributed by atoms with Crippen molar-refractivity contribution in [2.75, 3.05) is 0 Å². The molecule has 0 aliphatic heterocycles. The molecule has 27 heavy (non-hydrogen) atoms. The molecular formula is C21H10Br3ClN2. The highest BCUT2D eigenvalue weighted by Crippen LogP contribution is 2.40. The monoisotopic (exact) mass is 562 g/mol. The van der Waals surface area contributed by atoms with Crippen molar-refractivity contribution in [1.29, 1.82) is 0 Å². The summed E-state index contributed by atoms with van der Waals surface area (Å²) in [5.74, 6) is 0.816. The van der Waals surface area contributed by atoms with Crippen molar-refractivity contribution >= 4 is 92.0 Å². The number of hydrogen-bond donors (Lipinski definition) is 1. The summed E-state index contributed by atoms with van der Waals surface area (Å²) in [6, 6.07) is 18.3. The number of nitrogens with one attached hydrogen (secondary N) is 1. The molecule has 1 N–H and O–H groups in total. The van der Waals surface area contributed by atoms with Crippen LogP contribution in [0.5, 0.6) is 0 Å². The topological polar surface area (TPSA) is 28.7 Å². The van der Waals surface area contributed by atoms with Crippen molar-refractivity contribution in [3.8, 4) is 11.4 Å². The third kappa shape index (κ3) is 2.83. The summed E-state index contributed by atoms with van der Waals surface area (Å²) in [5, 5.41) is 5.14. The quantitative estimate of drug-likeness (QED) is 0.203. The van der Waals surface area contributed by atoms with Crippen LogP contribution < -0.4 is 0 Å². The Labute approximate surface area is 185 Å². The number of imidazole rings is 1. The smallest absolute Gasteiger partial charge is 0.140 e. The van der Waals surface area contributed by atoms with E-state index in [4.69, 9.17) is 16.6 Å². The van der Waals surface area contributed by atoms with E-state index in [0.29, 0.717) is 0 Å². The third-order valence-corrected chi connectivity index (χ3v) is 6.73. The fraction of sp³-hybridized carbons (Fsp3) is 0.